The topological polar surface area (TPSA) is 71.4 Å². The van der Waals surface area contributed by atoms with Crippen LogP contribution in [0.1, 0.15) is 34.6 Å². The smallest absolute Gasteiger partial charge is 0.144 e. The van der Waals surface area contributed by atoms with E-state index in [9.17, 15) is 19.5 Å². The van der Waals surface area contributed by atoms with E-state index in [2.05, 4.69) is 76.3 Å². The Hall–Kier alpha value is -2.59. The van der Waals surface area contributed by atoms with Gasteiger partial charge in [-0.2, -0.15) is 0 Å². The normalized spacial score (nSPS) is 51.4. The minimum atomic E-state index is -1.12. The van der Waals surface area contributed by atoms with E-state index in [0.717, 1.165) is 0 Å². The number of fused-ring (bicyclic) bond motifs is 12. The lowest BCUT2D eigenvalue weighted by molar-refractivity contribution is -0.137. The van der Waals surface area contributed by atoms with Gasteiger partial charge in [0.05, 0.1) is 5.60 Å². The van der Waals surface area contributed by atoms with Gasteiger partial charge in [0.1, 0.15) is 17.3 Å². The molecule has 13 unspecified atom stereocenters. The molecule has 0 radical (unpaired) electrons. The van der Waals surface area contributed by atoms with Crippen molar-refractivity contribution in [1.82, 2.24) is 0 Å². The molecule has 4 saturated carbocycles. The van der Waals surface area contributed by atoms with Crippen molar-refractivity contribution in [3.63, 3.8) is 0 Å². The monoisotopic (exact) mass is 524 g/mol. The lowest BCUT2D eigenvalue weighted by atomic mass is 9.55. The van der Waals surface area contributed by atoms with E-state index < -0.39 is 5.60 Å². The molecule has 1 N–H and O–H groups in total. The highest BCUT2D eigenvalue weighted by Gasteiger charge is 2.71. The van der Waals surface area contributed by atoms with Crippen molar-refractivity contribution in [2.45, 2.75) is 40.2 Å². The lowest BCUT2D eigenvalue weighted by Gasteiger charge is -2.46. The first-order valence-electron chi connectivity index (χ1n) is 14.8. The van der Waals surface area contributed by atoms with Crippen LogP contribution in [0.15, 0.2) is 72.9 Å². The third kappa shape index (κ3) is 3.56. The zero-order valence-electron chi connectivity index (χ0n) is 23.5. The molecule has 204 valence electrons. The highest BCUT2D eigenvalue weighted by Crippen LogP contribution is 2.68. The van der Waals surface area contributed by atoms with Crippen LogP contribution in [0.4, 0.5) is 0 Å². The molecule has 0 aromatic heterocycles. The van der Waals surface area contributed by atoms with Gasteiger partial charge in [-0.3, -0.25) is 14.4 Å². The minimum absolute atomic E-state index is 0.0350. The van der Waals surface area contributed by atoms with Crippen molar-refractivity contribution >= 4 is 17.3 Å². The predicted octanol–water partition coefficient (Wildman–Crippen LogP) is 5.32. The Morgan fingerprint density at radius 3 is 1.15 bits per heavy atom. The Kier molecular flexibility index (Phi) is 5.20. The summed E-state index contributed by atoms with van der Waals surface area (Å²) in [5.74, 6) is -1.87. The molecule has 0 saturated heterocycles. The maximum absolute atomic E-state index is 14.4. The molecule has 7 rings (SSSR count). The molecule has 0 spiro atoms. The van der Waals surface area contributed by atoms with Crippen molar-refractivity contribution in [1.29, 1.82) is 0 Å². The maximum Gasteiger partial charge on any atom is 0.144 e. The number of Topliss-reactive ketones (excluding diaryl/α,β-unsaturated/α-hetero) is 3. The maximum atomic E-state index is 14.4. The first kappa shape index (κ1) is 25.4. The molecule has 7 aliphatic carbocycles. The number of carbonyl (C=O) groups is 3. The summed E-state index contributed by atoms with van der Waals surface area (Å²) in [5.41, 5.74) is -1.41. The van der Waals surface area contributed by atoms with E-state index in [4.69, 9.17) is 0 Å². The third-order valence-electron chi connectivity index (χ3n) is 11.3. The van der Waals surface area contributed by atoms with Crippen LogP contribution in [0.5, 0.6) is 0 Å². The standard InChI is InChI=1S/C35H40O4/c1-33(2)12-6-18-22(9-15-33)31(37)28-24(18)27-25(19-7-13-34(3,4)14-8-21(19)30(27)36)29-26(28)20-10-16-35(5,39)17-11-23(20)32(29)38/h6-29,39H,1-5H3. The molecule has 0 aliphatic heterocycles. The van der Waals surface area contributed by atoms with E-state index >= 15 is 0 Å². The zero-order valence-corrected chi connectivity index (χ0v) is 23.5. The molecule has 4 heteroatoms. The van der Waals surface area contributed by atoms with Crippen LogP contribution in [0, 0.1) is 81.8 Å². The van der Waals surface area contributed by atoms with Crippen LogP contribution in [0.2, 0.25) is 0 Å². The van der Waals surface area contributed by atoms with Crippen LogP contribution in [0.25, 0.3) is 0 Å². The fourth-order valence-corrected chi connectivity index (χ4v) is 9.57. The Labute approximate surface area is 231 Å². The van der Waals surface area contributed by atoms with Gasteiger partial charge in [0.25, 0.3) is 0 Å². The second-order valence-corrected chi connectivity index (χ2v) is 14.8. The zero-order chi connectivity index (χ0) is 27.6. The van der Waals surface area contributed by atoms with E-state index in [1.807, 2.05) is 12.2 Å². The van der Waals surface area contributed by atoms with Crippen molar-refractivity contribution in [3.05, 3.63) is 72.9 Å². The molecule has 0 heterocycles. The molecule has 0 bridgehead atoms. The fourth-order valence-electron chi connectivity index (χ4n) is 9.57. The first-order chi connectivity index (χ1) is 18.3. The number of allylic oxidation sites excluding steroid dienone is 10. The van der Waals surface area contributed by atoms with Crippen molar-refractivity contribution in [3.8, 4) is 0 Å². The number of carbonyl (C=O) groups excluding carboxylic acids is 3. The van der Waals surface area contributed by atoms with Gasteiger partial charge in [0.15, 0.2) is 0 Å². The molecule has 0 aromatic rings. The van der Waals surface area contributed by atoms with Crippen molar-refractivity contribution in [2.75, 3.05) is 0 Å². The summed E-state index contributed by atoms with van der Waals surface area (Å²) >= 11 is 0. The van der Waals surface area contributed by atoms with Gasteiger partial charge in [-0.15, -0.1) is 0 Å². The summed E-state index contributed by atoms with van der Waals surface area (Å²) in [6.45, 7) is 10.3. The lowest BCUT2D eigenvalue weighted by Crippen LogP contribution is -2.49. The Morgan fingerprint density at radius 1 is 0.487 bits per heavy atom. The Morgan fingerprint density at radius 2 is 0.769 bits per heavy atom. The Bertz CT molecular complexity index is 1160. The van der Waals surface area contributed by atoms with E-state index in [1.165, 1.54) is 0 Å². The van der Waals surface area contributed by atoms with E-state index in [0.29, 0.717) is 0 Å². The minimum Gasteiger partial charge on any atom is -0.382 e. The van der Waals surface area contributed by atoms with Gasteiger partial charge in [-0.1, -0.05) is 101 Å². The van der Waals surface area contributed by atoms with Gasteiger partial charge < -0.3 is 5.11 Å². The molecule has 7 aliphatic rings. The van der Waals surface area contributed by atoms with Crippen LogP contribution in [-0.2, 0) is 14.4 Å². The summed E-state index contributed by atoms with van der Waals surface area (Å²) in [6, 6.07) is 0. The van der Waals surface area contributed by atoms with Gasteiger partial charge in [0.2, 0.25) is 0 Å². The summed E-state index contributed by atoms with van der Waals surface area (Å²) in [7, 11) is 0. The average molecular weight is 525 g/mol. The SMILES string of the molecule is CC1(C)C=CC2C(=O)C3C(C2C=C1)C1C(=O)C2C=CC(C)(O)C=CC2C1C1C(=O)C2C=CC(C)(C)C=CC2C31. The molecule has 39 heavy (non-hydrogen) atoms. The van der Waals surface area contributed by atoms with Gasteiger partial charge in [-0.25, -0.2) is 0 Å². The number of hydrogen-bond donors (Lipinski definition) is 1. The second-order valence-electron chi connectivity index (χ2n) is 14.8. The summed E-state index contributed by atoms with van der Waals surface area (Å²) < 4.78 is 0. The highest BCUT2D eigenvalue weighted by molar-refractivity contribution is 5.98. The largest absolute Gasteiger partial charge is 0.382 e. The first-order valence-corrected chi connectivity index (χ1v) is 14.8. The Balaban J connectivity index is 1.42. The van der Waals surface area contributed by atoms with Crippen LogP contribution < -0.4 is 0 Å². The fraction of sp³-hybridized carbons (Fsp3) is 0.571. The van der Waals surface area contributed by atoms with Gasteiger partial charge in [0, 0.05) is 46.3 Å². The van der Waals surface area contributed by atoms with Crippen molar-refractivity contribution < 1.29 is 19.5 Å². The van der Waals surface area contributed by atoms with Crippen molar-refractivity contribution in [2.24, 2.45) is 81.8 Å². The number of hydrogen-bond acceptors (Lipinski definition) is 4. The van der Waals surface area contributed by atoms with Gasteiger partial charge in [-0.05, 0) is 42.4 Å². The van der Waals surface area contributed by atoms with Crippen LogP contribution in [-0.4, -0.2) is 28.1 Å². The van der Waals surface area contributed by atoms with E-state index in [-0.39, 0.29) is 99.2 Å². The summed E-state index contributed by atoms with van der Waals surface area (Å²) in [6.07, 6.45) is 24.8. The van der Waals surface area contributed by atoms with Crippen LogP contribution >= 0.6 is 0 Å². The average Bonchev–Trinajstić information content (AvgIpc) is 3.21. The second kappa shape index (κ2) is 8.00. The number of rotatable bonds is 0. The molecule has 0 amide bonds. The molecular formula is C35H40O4. The predicted molar refractivity (Wildman–Crippen MR) is 150 cm³/mol. The third-order valence-corrected chi connectivity index (χ3v) is 11.3. The molecule has 4 fully saturated rings. The van der Waals surface area contributed by atoms with Crippen LogP contribution in [0.3, 0.4) is 0 Å². The molecular weight excluding hydrogens is 484 g/mol. The summed E-state index contributed by atoms with van der Waals surface area (Å²) in [4.78, 5) is 43.2. The van der Waals surface area contributed by atoms with E-state index in [1.54, 1.807) is 19.1 Å². The summed E-state index contributed by atoms with van der Waals surface area (Å²) in [5, 5.41) is 10.8. The quantitative estimate of drug-likeness (QED) is 0.435. The molecule has 4 nitrogen and oxygen atoms in total. The number of ketones is 3. The number of aliphatic hydroxyl groups is 1. The molecule has 0 aromatic carbocycles. The van der Waals surface area contributed by atoms with Gasteiger partial charge >= 0.3 is 0 Å². The highest BCUT2D eigenvalue weighted by atomic mass is 16.3. The molecule has 13 atom stereocenters.